The van der Waals surface area contributed by atoms with Crippen LogP contribution in [0.2, 0.25) is 0 Å². The molecule has 0 aliphatic carbocycles. The number of carbonyl (C=O) groups excluding carboxylic acids is 1. The summed E-state index contributed by atoms with van der Waals surface area (Å²) in [4.78, 5) is 11.2. The molecule has 1 unspecified atom stereocenters. The maximum atomic E-state index is 11.2. The van der Waals surface area contributed by atoms with E-state index in [1.54, 1.807) is 24.4 Å². The Morgan fingerprint density at radius 3 is 3.08 bits per heavy atom. The maximum absolute atomic E-state index is 11.2. The molecule has 1 aliphatic rings. The Balaban J connectivity index is 2.28. The van der Waals surface area contributed by atoms with Gasteiger partial charge in [-0.3, -0.25) is 0 Å². The van der Waals surface area contributed by atoms with Crippen LogP contribution in [0.3, 0.4) is 0 Å². The lowest BCUT2D eigenvalue weighted by atomic mass is 10.2. The second-order valence-electron chi connectivity index (χ2n) is 2.46. The molecule has 0 aromatic rings. The lowest BCUT2D eigenvalue weighted by Gasteiger charge is -2.13. The molecular weight excluding hydrogens is 168 g/mol. The minimum Gasteiger partial charge on any atom is -0.463 e. The summed E-state index contributed by atoms with van der Waals surface area (Å²) in [7, 11) is 0. The highest BCUT2D eigenvalue weighted by atomic mass is 16.5. The third-order valence-electron chi connectivity index (χ3n) is 1.50. The van der Waals surface area contributed by atoms with Gasteiger partial charge in [-0.25, -0.2) is 4.79 Å². The third-order valence-corrected chi connectivity index (χ3v) is 1.50. The zero-order chi connectivity index (χ0) is 9.52. The number of dihydropyridines is 1. The summed E-state index contributed by atoms with van der Waals surface area (Å²) in [6.45, 7) is 0.158. The van der Waals surface area contributed by atoms with Crippen LogP contribution in [-0.2, 0) is 9.53 Å². The van der Waals surface area contributed by atoms with Gasteiger partial charge in [0.1, 0.15) is 12.6 Å². The van der Waals surface area contributed by atoms with E-state index in [9.17, 15) is 4.79 Å². The van der Waals surface area contributed by atoms with Gasteiger partial charge in [-0.15, -0.1) is 0 Å². The Morgan fingerprint density at radius 2 is 2.46 bits per heavy atom. The molecule has 1 rings (SSSR count). The first-order chi connectivity index (χ1) is 6.34. The van der Waals surface area contributed by atoms with Crippen molar-refractivity contribution in [2.75, 3.05) is 6.61 Å². The van der Waals surface area contributed by atoms with Gasteiger partial charge in [0.25, 0.3) is 0 Å². The zero-order valence-electron chi connectivity index (χ0n) is 7.06. The predicted molar refractivity (Wildman–Crippen MR) is 46.4 cm³/mol. The van der Waals surface area contributed by atoms with Crippen LogP contribution >= 0.6 is 0 Å². The first kappa shape index (κ1) is 9.33. The van der Waals surface area contributed by atoms with Gasteiger partial charge in [0.05, 0.1) is 12.5 Å². The van der Waals surface area contributed by atoms with Gasteiger partial charge in [0.15, 0.2) is 0 Å². The number of ether oxygens (including phenoxy) is 1. The first-order valence-corrected chi connectivity index (χ1v) is 3.97. The minimum atomic E-state index is -0.413. The van der Waals surface area contributed by atoms with Crippen molar-refractivity contribution in [3.05, 3.63) is 24.4 Å². The number of carbonyl (C=O) groups is 1. The molecule has 0 saturated heterocycles. The lowest BCUT2D eigenvalue weighted by molar-refractivity contribution is -0.144. The molecule has 0 amide bonds. The van der Waals surface area contributed by atoms with Crippen LogP contribution in [0.1, 0.15) is 6.42 Å². The fraction of sp³-hybridized carbons (Fsp3) is 0.333. The smallest absolute Gasteiger partial charge is 0.332 e. The van der Waals surface area contributed by atoms with Crippen LogP contribution in [-0.4, -0.2) is 18.6 Å². The Labute approximate surface area is 76.5 Å². The highest BCUT2D eigenvalue weighted by molar-refractivity contribution is 5.78. The zero-order valence-corrected chi connectivity index (χ0v) is 7.06. The standard InChI is InChI=1S/C9H10N2O2/c10-5-3-7-13-9(12)8-4-1-2-6-11-8/h1-2,4,6,8,11H,3,7H2. The molecule has 4 heteroatoms. The summed E-state index contributed by atoms with van der Waals surface area (Å²) in [6.07, 6.45) is 7.18. The summed E-state index contributed by atoms with van der Waals surface area (Å²) in [5, 5.41) is 11.0. The molecule has 13 heavy (non-hydrogen) atoms. The number of nitrogens with zero attached hydrogens (tertiary/aromatic N) is 1. The second-order valence-corrected chi connectivity index (χ2v) is 2.46. The van der Waals surface area contributed by atoms with Crippen molar-refractivity contribution >= 4 is 5.97 Å². The van der Waals surface area contributed by atoms with Crippen LogP contribution in [0.5, 0.6) is 0 Å². The van der Waals surface area contributed by atoms with Crippen molar-refractivity contribution < 1.29 is 9.53 Å². The van der Waals surface area contributed by atoms with Crippen LogP contribution in [0.25, 0.3) is 0 Å². The summed E-state index contributed by atoms with van der Waals surface area (Å²) in [6, 6.07) is 1.48. The molecule has 0 bridgehead atoms. The normalized spacial score (nSPS) is 18.8. The van der Waals surface area contributed by atoms with E-state index < -0.39 is 6.04 Å². The minimum absolute atomic E-state index is 0.158. The molecule has 1 N–H and O–H groups in total. The fourth-order valence-electron chi connectivity index (χ4n) is 0.879. The highest BCUT2D eigenvalue weighted by Crippen LogP contribution is 1.97. The number of esters is 1. The molecule has 0 aromatic heterocycles. The molecule has 0 aromatic carbocycles. The lowest BCUT2D eigenvalue weighted by Crippen LogP contribution is -2.34. The summed E-state index contributed by atoms with van der Waals surface area (Å²) < 4.78 is 4.81. The summed E-state index contributed by atoms with van der Waals surface area (Å²) in [5.74, 6) is -0.351. The number of rotatable bonds is 3. The van der Waals surface area contributed by atoms with Crippen molar-refractivity contribution in [3.8, 4) is 6.07 Å². The van der Waals surface area contributed by atoms with E-state index in [0.717, 1.165) is 0 Å². The van der Waals surface area contributed by atoms with E-state index in [1.165, 1.54) is 0 Å². The Kier molecular flexibility index (Phi) is 3.58. The van der Waals surface area contributed by atoms with Crippen molar-refractivity contribution in [1.29, 1.82) is 5.26 Å². The van der Waals surface area contributed by atoms with Crippen LogP contribution in [0, 0.1) is 11.3 Å². The number of hydrogen-bond donors (Lipinski definition) is 1. The third kappa shape index (κ3) is 2.99. The van der Waals surface area contributed by atoms with E-state index in [2.05, 4.69) is 5.32 Å². The van der Waals surface area contributed by atoms with E-state index in [-0.39, 0.29) is 19.0 Å². The predicted octanol–water partition coefficient (Wildman–Crippen LogP) is 0.485. The average Bonchev–Trinajstić information content (AvgIpc) is 2.19. The molecule has 1 aliphatic heterocycles. The fourth-order valence-corrected chi connectivity index (χ4v) is 0.879. The highest BCUT2D eigenvalue weighted by Gasteiger charge is 2.15. The molecule has 0 spiro atoms. The summed E-state index contributed by atoms with van der Waals surface area (Å²) >= 11 is 0. The van der Waals surface area contributed by atoms with Crippen molar-refractivity contribution in [2.45, 2.75) is 12.5 Å². The monoisotopic (exact) mass is 178 g/mol. The van der Waals surface area contributed by atoms with E-state index in [4.69, 9.17) is 10.00 Å². The van der Waals surface area contributed by atoms with Crippen molar-refractivity contribution in [2.24, 2.45) is 0 Å². The van der Waals surface area contributed by atoms with Gasteiger partial charge in [0, 0.05) is 0 Å². The molecule has 0 fully saturated rings. The molecule has 68 valence electrons. The van der Waals surface area contributed by atoms with Crippen LogP contribution < -0.4 is 5.32 Å². The van der Waals surface area contributed by atoms with Gasteiger partial charge in [-0.1, -0.05) is 12.2 Å². The van der Waals surface area contributed by atoms with Gasteiger partial charge < -0.3 is 10.1 Å². The average molecular weight is 178 g/mol. The molecular formula is C9H10N2O2. The van der Waals surface area contributed by atoms with Gasteiger partial charge in [-0.2, -0.15) is 5.26 Å². The van der Waals surface area contributed by atoms with Crippen molar-refractivity contribution in [1.82, 2.24) is 5.32 Å². The number of allylic oxidation sites excluding steroid dienone is 2. The molecule has 0 saturated carbocycles. The van der Waals surface area contributed by atoms with E-state index in [1.807, 2.05) is 6.07 Å². The number of nitrogens with one attached hydrogen (secondary N) is 1. The van der Waals surface area contributed by atoms with E-state index in [0.29, 0.717) is 0 Å². The topological polar surface area (TPSA) is 62.1 Å². The van der Waals surface area contributed by atoms with Crippen LogP contribution in [0.15, 0.2) is 24.4 Å². The largest absolute Gasteiger partial charge is 0.463 e. The molecule has 1 atom stereocenters. The summed E-state index contributed by atoms with van der Waals surface area (Å²) in [5.41, 5.74) is 0. The molecule has 0 radical (unpaired) electrons. The first-order valence-electron chi connectivity index (χ1n) is 3.97. The van der Waals surface area contributed by atoms with Gasteiger partial charge in [0.2, 0.25) is 0 Å². The quantitative estimate of drug-likeness (QED) is 0.504. The molecule has 1 heterocycles. The SMILES string of the molecule is N#CCCOC(=O)C1C=CC=CN1. The number of nitriles is 1. The van der Waals surface area contributed by atoms with E-state index >= 15 is 0 Å². The second kappa shape index (κ2) is 4.99. The molecule has 4 nitrogen and oxygen atoms in total. The van der Waals surface area contributed by atoms with Crippen LogP contribution in [0.4, 0.5) is 0 Å². The van der Waals surface area contributed by atoms with Crippen molar-refractivity contribution in [3.63, 3.8) is 0 Å². The number of hydrogen-bond acceptors (Lipinski definition) is 4. The Bertz CT molecular complexity index is 276. The van der Waals surface area contributed by atoms with Gasteiger partial charge in [-0.05, 0) is 12.3 Å². The Hall–Kier alpha value is -1.76. The van der Waals surface area contributed by atoms with Gasteiger partial charge >= 0.3 is 5.97 Å². The Morgan fingerprint density at radius 1 is 1.62 bits per heavy atom. The maximum Gasteiger partial charge on any atom is 0.332 e.